The van der Waals surface area contributed by atoms with Gasteiger partial charge >= 0.3 is 0 Å². The zero-order valence-corrected chi connectivity index (χ0v) is 19.1. The van der Waals surface area contributed by atoms with Crippen LogP contribution in [0.3, 0.4) is 0 Å². The third-order valence-electron chi connectivity index (χ3n) is 5.68. The number of nitrogen functional groups attached to an aromatic ring is 1. The Bertz CT molecular complexity index is 1410. The second-order valence-corrected chi connectivity index (χ2v) is 8.60. The van der Waals surface area contributed by atoms with Crippen molar-refractivity contribution in [3.63, 3.8) is 0 Å². The first-order valence-electron chi connectivity index (χ1n) is 11.3. The number of hydrogen-bond acceptors (Lipinski definition) is 5. The van der Waals surface area contributed by atoms with Crippen molar-refractivity contribution in [3.8, 4) is 28.3 Å². The second-order valence-electron chi connectivity index (χ2n) is 8.60. The summed E-state index contributed by atoms with van der Waals surface area (Å²) in [7, 11) is 0. The lowest BCUT2D eigenvalue weighted by Crippen LogP contribution is -2.02. The predicted molar refractivity (Wildman–Crippen MR) is 132 cm³/mol. The molecule has 166 valence electrons. The standard InChI is InChI=1S/C26H27N7/c1-4-32-16-19(15-29-32)22-11-12-23-26(30-22)33(20-9-7-18(8-10-20)14-17(2)3)25(31-23)21-6-5-13-28-24(21)27/h5-13,15-17H,4,14H2,1-3H3,(H2,27,28). The van der Waals surface area contributed by atoms with E-state index in [2.05, 4.69) is 59.7 Å². The summed E-state index contributed by atoms with van der Waals surface area (Å²) in [6, 6.07) is 16.4. The van der Waals surface area contributed by atoms with Crippen molar-refractivity contribution >= 4 is 17.0 Å². The molecule has 0 radical (unpaired) electrons. The summed E-state index contributed by atoms with van der Waals surface area (Å²) >= 11 is 0. The maximum Gasteiger partial charge on any atom is 0.165 e. The van der Waals surface area contributed by atoms with Gasteiger partial charge in [-0.05, 0) is 61.2 Å². The normalized spacial score (nSPS) is 11.5. The molecule has 0 spiro atoms. The number of rotatable bonds is 6. The van der Waals surface area contributed by atoms with E-state index in [0.29, 0.717) is 11.7 Å². The highest BCUT2D eigenvalue weighted by Crippen LogP contribution is 2.31. The van der Waals surface area contributed by atoms with Gasteiger partial charge in [0.1, 0.15) is 11.3 Å². The van der Waals surface area contributed by atoms with Gasteiger partial charge in [-0.2, -0.15) is 5.10 Å². The van der Waals surface area contributed by atoms with Gasteiger partial charge in [0.15, 0.2) is 11.5 Å². The van der Waals surface area contributed by atoms with Crippen LogP contribution in [-0.2, 0) is 13.0 Å². The van der Waals surface area contributed by atoms with Gasteiger partial charge in [-0.1, -0.05) is 26.0 Å². The number of anilines is 1. The molecular formula is C26H27N7. The van der Waals surface area contributed by atoms with Crippen LogP contribution >= 0.6 is 0 Å². The van der Waals surface area contributed by atoms with Crippen LogP contribution < -0.4 is 5.73 Å². The van der Waals surface area contributed by atoms with Gasteiger partial charge in [-0.3, -0.25) is 9.25 Å². The largest absolute Gasteiger partial charge is 0.383 e. The van der Waals surface area contributed by atoms with Gasteiger partial charge < -0.3 is 5.73 Å². The van der Waals surface area contributed by atoms with Gasteiger partial charge in [0, 0.05) is 30.2 Å². The highest BCUT2D eigenvalue weighted by atomic mass is 15.3. The first kappa shape index (κ1) is 20.9. The summed E-state index contributed by atoms with van der Waals surface area (Å²) in [5.74, 6) is 1.76. The van der Waals surface area contributed by atoms with Crippen molar-refractivity contribution in [1.29, 1.82) is 0 Å². The average molecular weight is 438 g/mol. The number of pyridine rings is 2. The molecule has 0 unspecified atom stereocenters. The van der Waals surface area contributed by atoms with Crippen LogP contribution in [0.1, 0.15) is 26.3 Å². The van der Waals surface area contributed by atoms with Crippen molar-refractivity contribution in [2.45, 2.75) is 33.7 Å². The molecule has 33 heavy (non-hydrogen) atoms. The Morgan fingerprint density at radius 3 is 2.52 bits per heavy atom. The summed E-state index contributed by atoms with van der Waals surface area (Å²) in [4.78, 5) is 14.2. The molecule has 5 rings (SSSR count). The van der Waals surface area contributed by atoms with E-state index in [4.69, 9.17) is 15.7 Å². The Kier molecular flexibility index (Phi) is 5.38. The summed E-state index contributed by atoms with van der Waals surface area (Å²) in [5.41, 5.74) is 12.7. The molecule has 0 saturated carbocycles. The lowest BCUT2D eigenvalue weighted by atomic mass is 10.0. The van der Waals surface area contributed by atoms with Crippen LogP contribution in [0.15, 0.2) is 67.1 Å². The minimum absolute atomic E-state index is 0.440. The number of aryl methyl sites for hydroxylation is 1. The molecule has 0 amide bonds. The van der Waals surface area contributed by atoms with Crippen molar-refractivity contribution < 1.29 is 0 Å². The maximum atomic E-state index is 6.24. The van der Waals surface area contributed by atoms with E-state index in [9.17, 15) is 0 Å². The van der Waals surface area contributed by atoms with Gasteiger partial charge in [0.25, 0.3) is 0 Å². The van der Waals surface area contributed by atoms with Gasteiger partial charge in [0.2, 0.25) is 0 Å². The zero-order valence-electron chi connectivity index (χ0n) is 19.1. The van der Waals surface area contributed by atoms with Crippen molar-refractivity contribution in [2.24, 2.45) is 5.92 Å². The molecule has 7 heteroatoms. The first-order chi connectivity index (χ1) is 16.0. The lowest BCUT2D eigenvalue weighted by molar-refractivity contribution is 0.647. The molecule has 0 fully saturated rings. The van der Waals surface area contributed by atoms with Crippen LogP contribution in [0.4, 0.5) is 5.82 Å². The van der Waals surface area contributed by atoms with E-state index in [1.54, 1.807) is 6.20 Å². The lowest BCUT2D eigenvalue weighted by Gasteiger charge is -2.12. The summed E-state index contributed by atoms with van der Waals surface area (Å²) in [6.45, 7) is 7.34. The second kappa shape index (κ2) is 8.50. The minimum atomic E-state index is 0.440. The van der Waals surface area contributed by atoms with Crippen molar-refractivity contribution in [2.75, 3.05) is 5.73 Å². The average Bonchev–Trinajstić information content (AvgIpc) is 3.44. The van der Waals surface area contributed by atoms with Crippen LogP contribution in [0.25, 0.3) is 39.5 Å². The Labute approximate surface area is 192 Å². The van der Waals surface area contributed by atoms with Gasteiger partial charge in [0.05, 0.1) is 17.5 Å². The van der Waals surface area contributed by atoms with Crippen molar-refractivity contribution in [3.05, 3.63) is 72.7 Å². The molecule has 0 saturated heterocycles. The fourth-order valence-corrected chi connectivity index (χ4v) is 4.07. The monoisotopic (exact) mass is 437 g/mol. The molecule has 4 aromatic heterocycles. The quantitative estimate of drug-likeness (QED) is 0.397. The molecule has 0 aliphatic rings. The summed E-state index contributed by atoms with van der Waals surface area (Å²) < 4.78 is 3.96. The van der Waals surface area contributed by atoms with E-state index in [1.165, 1.54) is 5.56 Å². The number of nitrogens with two attached hydrogens (primary N) is 1. The molecule has 4 heterocycles. The van der Waals surface area contributed by atoms with E-state index in [0.717, 1.165) is 52.5 Å². The Hall–Kier alpha value is -4.00. The molecule has 0 aliphatic carbocycles. The third-order valence-corrected chi connectivity index (χ3v) is 5.68. The van der Waals surface area contributed by atoms with Gasteiger partial charge in [-0.25, -0.2) is 15.0 Å². The van der Waals surface area contributed by atoms with Crippen LogP contribution in [0, 0.1) is 5.92 Å². The number of imidazole rings is 1. The molecule has 7 nitrogen and oxygen atoms in total. The third kappa shape index (κ3) is 3.98. The number of aromatic nitrogens is 6. The Morgan fingerprint density at radius 1 is 1.00 bits per heavy atom. The van der Waals surface area contributed by atoms with E-state index >= 15 is 0 Å². The Morgan fingerprint density at radius 2 is 1.82 bits per heavy atom. The van der Waals surface area contributed by atoms with Crippen molar-refractivity contribution in [1.82, 2.24) is 29.3 Å². The molecule has 0 atom stereocenters. The van der Waals surface area contributed by atoms with E-state index in [1.807, 2.05) is 41.3 Å². The maximum absolute atomic E-state index is 6.24. The Balaban J connectivity index is 1.71. The topological polar surface area (TPSA) is 87.4 Å². The number of nitrogens with zero attached hydrogens (tertiary/aromatic N) is 6. The fourth-order valence-electron chi connectivity index (χ4n) is 4.07. The van der Waals surface area contributed by atoms with E-state index < -0.39 is 0 Å². The molecule has 2 N–H and O–H groups in total. The van der Waals surface area contributed by atoms with Crippen LogP contribution in [0.2, 0.25) is 0 Å². The highest BCUT2D eigenvalue weighted by Gasteiger charge is 2.19. The fraction of sp³-hybridized carbons (Fsp3) is 0.231. The number of benzene rings is 1. The first-order valence-corrected chi connectivity index (χ1v) is 11.3. The highest BCUT2D eigenvalue weighted by molar-refractivity contribution is 5.84. The molecule has 0 bridgehead atoms. The molecular weight excluding hydrogens is 410 g/mol. The number of fused-ring (bicyclic) bond motifs is 1. The molecule has 1 aromatic carbocycles. The summed E-state index contributed by atoms with van der Waals surface area (Å²) in [6.07, 6.45) is 6.58. The predicted octanol–water partition coefficient (Wildman–Crippen LogP) is 5.15. The van der Waals surface area contributed by atoms with E-state index in [-0.39, 0.29) is 0 Å². The van der Waals surface area contributed by atoms with Gasteiger partial charge in [-0.15, -0.1) is 0 Å². The molecule has 0 aliphatic heterocycles. The molecule has 5 aromatic rings. The zero-order chi connectivity index (χ0) is 22.9. The van der Waals surface area contributed by atoms with Crippen LogP contribution in [0.5, 0.6) is 0 Å². The summed E-state index contributed by atoms with van der Waals surface area (Å²) in [5, 5.41) is 4.40. The number of hydrogen-bond donors (Lipinski definition) is 1. The minimum Gasteiger partial charge on any atom is -0.383 e. The SMILES string of the molecule is CCn1cc(-c2ccc3nc(-c4cccnc4N)n(-c4ccc(CC(C)C)cc4)c3n2)cn1. The van der Waals surface area contributed by atoms with Crippen LogP contribution in [-0.4, -0.2) is 29.3 Å². The smallest absolute Gasteiger partial charge is 0.165 e.